The van der Waals surface area contributed by atoms with Crippen molar-refractivity contribution in [3.05, 3.63) is 41.7 Å². The van der Waals surface area contributed by atoms with Crippen LogP contribution in [0.5, 0.6) is 0 Å². The monoisotopic (exact) mass is 201 g/mol. The molecule has 0 saturated heterocycles. The van der Waals surface area contributed by atoms with Gasteiger partial charge in [0.25, 0.3) is 0 Å². The zero-order valence-corrected chi connectivity index (χ0v) is 9.04. The molecule has 3 nitrogen and oxygen atoms in total. The molecule has 1 aromatic carbocycles. The van der Waals surface area contributed by atoms with E-state index in [-0.39, 0.29) is 0 Å². The van der Waals surface area contributed by atoms with Gasteiger partial charge in [0.05, 0.1) is 0 Å². The van der Waals surface area contributed by atoms with Crippen molar-refractivity contribution in [3.8, 4) is 0 Å². The van der Waals surface area contributed by atoms with E-state index in [0.717, 1.165) is 23.8 Å². The van der Waals surface area contributed by atoms with Gasteiger partial charge < -0.3 is 10.3 Å². The van der Waals surface area contributed by atoms with E-state index < -0.39 is 0 Å². The molecular formula is C12H15N3. The molecule has 0 aliphatic carbocycles. The van der Waals surface area contributed by atoms with Gasteiger partial charge in [-0.05, 0) is 25.0 Å². The number of aryl methyl sites for hydroxylation is 2. The molecule has 0 bridgehead atoms. The first-order valence-corrected chi connectivity index (χ1v) is 5.16. The molecule has 3 heteroatoms. The molecule has 2 N–H and O–H groups in total. The minimum Gasteiger partial charge on any atom is -0.328 e. The number of benzene rings is 1. The van der Waals surface area contributed by atoms with Crippen molar-refractivity contribution in [2.45, 2.75) is 20.3 Å². The second kappa shape index (κ2) is 4.17. The van der Waals surface area contributed by atoms with Crippen molar-refractivity contribution in [1.29, 1.82) is 0 Å². The molecule has 0 unspecified atom stereocenters. The van der Waals surface area contributed by atoms with Gasteiger partial charge in [0.15, 0.2) is 0 Å². The molecule has 2 rings (SSSR count). The zero-order valence-electron chi connectivity index (χ0n) is 9.04. The van der Waals surface area contributed by atoms with E-state index in [1.54, 1.807) is 0 Å². The van der Waals surface area contributed by atoms with Crippen molar-refractivity contribution in [1.82, 2.24) is 9.97 Å². The van der Waals surface area contributed by atoms with Crippen molar-refractivity contribution in [2.24, 2.45) is 0 Å². The first-order valence-electron chi connectivity index (χ1n) is 5.16. The topological polar surface area (TPSA) is 40.7 Å². The average Bonchev–Trinajstić information content (AvgIpc) is 2.65. The van der Waals surface area contributed by atoms with Gasteiger partial charge in [-0.1, -0.05) is 25.1 Å². The lowest BCUT2D eigenvalue weighted by Gasteiger charge is -2.07. The number of para-hydroxylation sites is 1. The number of aromatic amines is 1. The highest BCUT2D eigenvalue weighted by molar-refractivity contribution is 5.58. The second-order valence-corrected chi connectivity index (χ2v) is 3.55. The summed E-state index contributed by atoms with van der Waals surface area (Å²) in [4.78, 5) is 7.37. The molecular weight excluding hydrogens is 186 g/mol. The fourth-order valence-electron chi connectivity index (χ4n) is 1.55. The molecule has 2 aromatic rings. The van der Waals surface area contributed by atoms with Gasteiger partial charge in [-0.2, -0.15) is 0 Å². The predicted molar refractivity (Wildman–Crippen MR) is 62.4 cm³/mol. The fourth-order valence-corrected chi connectivity index (χ4v) is 1.55. The van der Waals surface area contributed by atoms with Crippen LogP contribution in [0.1, 0.15) is 18.2 Å². The van der Waals surface area contributed by atoms with Crippen LogP contribution in [0.4, 0.5) is 11.6 Å². The third-order valence-electron chi connectivity index (χ3n) is 2.35. The van der Waals surface area contributed by atoms with E-state index in [0.29, 0.717) is 0 Å². The van der Waals surface area contributed by atoms with Gasteiger partial charge in [-0.25, -0.2) is 4.98 Å². The Bertz CT molecular complexity index is 446. The molecule has 0 aliphatic rings. The van der Waals surface area contributed by atoms with Crippen LogP contribution >= 0.6 is 0 Å². The maximum absolute atomic E-state index is 4.22. The first kappa shape index (κ1) is 9.77. The number of aromatic nitrogens is 2. The van der Waals surface area contributed by atoms with E-state index in [4.69, 9.17) is 0 Å². The Morgan fingerprint density at radius 3 is 2.80 bits per heavy atom. The fraction of sp³-hybridized carbons (Fsp3) is 0.250. The van der Waals surface area contributed by atoms with E-state index in [9.17, 15) is 0 Å². The molecule has 0 fully saturated rings. The summed E-state index contributed by atoms with van der Waals surface area (Å²) < 4.78 is 0. The molecule has 0 aliphatic heterocycles. The number of nitrogens with one attached hydrogen (secondary N) is 2. The van der Waals surface area contributed by atoms with Crippen LogP contribution in [-0.2, 0) is 6.42 Å². The summed E-state index contributed by atoms with van der Waals surface area (Å²) in [5.41, 5.74) is 3.48. The lowest BCUT2D eigenvalue weighted by atomic mass is 10.1. The minimum atomic E-state index is 0.799. The third kappa shape index (κ3) is 2.18. The summed E-state index contributed by atoms with van der Waals surface area (Å²) >= 11 is 0. The Morgan fingerprint density at radius 1 is 1.33 bits per heavy atom. The molecule has 0 radical (unpaired) electrons. The summed E-state index contributed by atoms with van der Waals surface area (Å²) in [7, 11) is 0. The lowest BCUT2D eigenvalue weighted by molar-refractivity contribution is 1.13. The molecule has 78 valence electrons. The highest BCUT2D eigenvalue weighted by atomic mass is 15.1. The number of anilines is 2. The maximum Gasteiger partial charge on any atom is 0.204 e. The molecule has 0 saturated carbocycles. The number of imidazole rings is 1. The summed E-state index contributed by atoms with van der Waals surface area (Å²) in [6.07, 6.45) is 2.83. The molecule has 0 spiro atoms. The molecule has 1 aromatic heterocycles. The summed E-state index contributed by atoms with van der Waals surface area (Å²) in [6.45, 7) is 4.14. The van der Waals surface area contributed by atoms with Gasteiger partial charge in [-0.3, -0.25) is 0 Å². The highest BCUT2D eigenvalue weighted by Gasteiger charge is 2.01. The first-order chi connectivity index (χ1) is 7.29. The van der Waals surface area contributed by atoms with Crippen molar-refractivity contribution < 1.29 is 0 Å². The SMILES string of the molecule is CCc1ccccc1Nc1ncc(C)[nH]1. The van der Waals surface area contributed by atoms with E-state index in [2.05, 4.69) is 40.4 Å². The molecule has 0 atom stereocenters. The number of hydrogen-bond acceptors (Lipinski definition) is 2. The Hall–Kier alpha value is -1.77. The van der Waals surface area contributed by atoms with Gasteiger partial charge in [-0.15, -0.1) is 0 Å². The van der Waals surface area contributed by atoms with E-state index in [1.807, 2.05) is 19.2 Å². The van der Waals surface area contributed by atoms with Crippen LogP contribution in [0.15, 0.2) is 30.5 Å². The van der Waals surface area contributed by atoms with Crippen LogP contribution in [0.25, 0.3) is 0 Å². The second-order valence-electron chi connectivity index (χ2n) is 3.55. The van der Waals surface area contributed by atoms with Crippen LogP contribution in [0.3, 0.4) is 0 Å². The smallest absolute Gasteiger partial charge is 0.204 e. The number of rotatable bonds is 3. The minimum absolute atomic E-state index is 0.799. The van der Waals surface area contributed by atoms with Crippen LogP contribution in [0.2, 0.25) is 0 Å². The largest absolute Gasteiger partial charge is 0.328 e. The van der Waals surface area contributed by atoms with Gasteiger partial charge in [0.1, 0.15) is 0 Å². The number of H-pyrrole nitrogens is 1. The quantitative estimate of drug-likeness (QED) is 0.801. The average molecular weight is 201 g/mol. The number of hydrogen-bond donors (Lipinski definition) is 2. The summed E-state index contributed by atoms with van der Waals surface area (Å²) in [5, 5.41) is 3.28. The highest BCUT2D eigenvalue weighted by Crippen LogP contribution is 2.18. The zero-order chi connectivity index (χ0) is 10.7. The Labute approximate surface area is 89.6 Å². The van der Waals surface area contributed by atoms with Crippen molar-refractivity contribution in [3.63, 3.8) is 0 Å². The van der Waals surface area contributed by atoms with Gasteiger partial charge >= 0.3 is 0 Å². The number of nitrogens with zero attached hydrogens (tertiary/aromatic N) is 1. The maximum atomic E-state index is 4.22. The van der Waals surface area contributed by atoms with Gasteiger partial charge in [0, 0.05) is 17.6 Å². The van der Waals surface area contributed by atoms with Crippen LogP contribution < -0.4 is 5.32 Å². The van der Waals surface area contributed by atoms with Crippen molar-refractivity contribution in [2.75, 3.05) is 5.32 Å². The third-order valence-corrected chi connectivity index (χ3v) is 2.35. The normalized spacial score (nSPS) is 10.3. The Balaban J connectivity index is 2.23. The van der Waals surface area contributed by atoms with Crippen LogP contribution in [0, 0.1) is 6.92 Å². The van der Waals surface area contributed by atoms with Crippen LogP contribution in [-0.4, -0.2) is 9.97 Å². The Kier molecular flexibility index (Phi) is 2.72. The predicted octanol–water partition coefficient (Wildman–Crippen LogP) is 3.02. The lowest BCUT2D eigenvalue weighted by Crippen LogP contribution is -1.96. The Morgan fingerprint density at radius 2 is 2.13 bits per heavy atom. The van der Waals surface area contributed by atoms with Gasteiger partial charge in [0.2, 0.25) is 5.95 Å². The summed E-state index contributed by atoms with van der Waals surface area (Å²) in [6, 6.07) is 8.27. The van der Waals surface area contributed by atoms with E-state index >= 15 is 0 Å². The van der Waals surface area contributed by atoms with Crippen molar-refractivity contribution >= 4 is 11.6 Å². The standard InChI is InChI=1S/C12H15N3/c1-3-10-6-4-5-7-11(10)15-12-13-8-9(2)14-12/h4-8H,3H2,1-2H3,(H2,13,14,15). The molecule has 15 heavy (non-hydrogen) atoms. The molecule has 1 heterocycles. The summed E-state index contributed by atoms with van der Waals surface area (Å²) in [5.74, 6) is 0.799. The van der Waals surface area contributed by atoms with E-state index in [1.165, 1.54) is 5.56 Å². The molecule has 0 amide bonds.